The Bertz CT molecular complexity index is 81.6. The first kappa shape index (κ1) is 18.6. The van der Waals surface area contributed by atoms with Crippen molar-refractivity contribution in [2.24, 2.45) is 0 Å². The van der Waals surface area contributed by atoms with Crippen LogP contribution in [0.15, 0.2) is 0 Å². The monoisotopic (exact) mass is 326 g/mol. The first-order valence-corrected chi connectivity index (χ1v) is 4.90. The van der Waals surface area contributed by atoms with Gasteiger partial charge in [-0.15, -0.1) is 18.1 Å². The van der Waals surface area contributed by atoms with Crippen molar-refractivity contribution in [3.8, 4) is 0 Å². The van der Waals surface area contributed by atoms with Crippen LogP contribution >= 0.6 is 0 Å². The van der Waals surface area contributed by atoms with Gasteiger partial charge in [-0.1, -0.05) is 0 Å². The Morgan fingerprint density at radius 3 is 0.909 bits per heavy atom. The Kier molecular flexibility index (Phi) is 10.8. The van der Waals surface area contributed by atoms with E-state index in [4.69, 9.17) is 0 Å². The molecular formula is GaO7Si2Y. The van der Waals surface area contributed by atoms with Crippen molar-refractivity contribution in [2.75, 3.05) is 0 Å². The van der Waals surface area contributed by atoms with Gasteiger partial charge < -0.3 is 32.9 Å². The summed E-state index contributed by atoms with van der Waals surface area (Å²) in [5, 5.41) is 0. The van der Waals surface area contributed by atoms with Gasteiger partial charge in [0.15, 0.2) is 0 Å². The van der Waals surface area contributed by atoms with Gasteiger partial charge in [0.2, 0.25) is 0 Å². The van der Waals surface area contributed by atoms with Crippen molar-refractivity contribution in [3.63, 3.8) is 0 Å². The average molecular weight is 327 g/mol. The predicted octanol–water partition coefficient (Wildman–Crippen LogP) is -8.35. The van der Waals surface area contributed by atoms with Gasteiger partial charge in [0, 0.05) is 0 Å². The summed E-state index contributed by atoms with van der Waals surface area (Å²) in [6.45, 7) is 0. The maximum Gasteiger partial charge on any atom is 3.00 e. The number of hydrogen-bond acceptors (Lipinski definition) is 7. The summed E-state index contributed by atoms with van der Waals surface area (Å²) < 4.78 is 2.57. The molecule has 0 amide bonds. The normalized spacial score (nSPS) is 11.5. The molecule has 0 saturated carbocycles. The molecule has 11 heteroatoms. The Morgan fingerprint density at radius 1 is 0.727 bits per heavy atom. The summed E-state index contributed by atoms with van der Waals surface area (Å²) in [5.41, 5.74) is 0. The van der Waals surface area contributed by atoms with Crippen molar-refractivity contribution < 1.29 is 65.6 Å². The van der Waals surface area contributed by atoms with Crippen molar-refractivity contribution in [3.05, 3.63) is 0 Å². The summed E-state index contributed by atoms with van der Waals surface area (Å²) in [4.78, 5) is 56.2. The first-order valence-electron chi connectivity index (χ1n) is 1.63. The molecular weight excluding hydrogens is 327 g/mol. The molecule has 0 spiro atoms. The number of rotatable bonds is 2. The zero-order chi connectivity index (χ0) is 7.71. The van der Waals surface area contributed by atoms with Crippen LogP contribution in [-0.2, 0) is 36.8 Å². The molecule has 0 heterocycles. The Morgan fingerprint density at radius 2 is 0.909 bits per heavy atom. The second-order valence-electron chi connectivity index (χ2n) is 1.10. The van der Waals surface area contributed by atoms with Gasteiger partial charge in [0.05, 0.1) is 0 Å². The van der Waals surface area contributed by atoms with Gasteiger partial charge in [0.1, 0.15) is 0 Å². The zero-order valence-electron chi connectivity index (χ0n) is 5.01. The van der Waals surface area contributed by atoms with E-state index in [0.717, 1.165) is 0 Å². The van der Waals surface area contributed by atoms with Crippen molar-refractivity contribution >= 4 is 37.9 Å². The smallest absolute Gasteiger partial charge is 0.862 e. The van der Waals surface area contributed by atoms with Gasteiger partial charge in [-0.25, -0.2) is 0 Å². The molecule has 0 bridgehead atoms. The van der Waals surface area contributed by atoms with Gasteiger partial charge in [-0.2, -0.15) is 0 Å². The van der Waals surface area contributed by atoms with Crippen molar-refractivity contribution in [1.82, 2.24) is 0 Å². The minimum absolute atomic E-state index is 0. The van der Waals surface area contributed by atoms with E-state index in [-0.39, 0.29) is 52.5 Å². The van der Waals surface area contributed by atoms with E-state index >= 15 is 0 Å². The quantitative estimate of drug-likeness (QED) is 0.457. The molecule has 0 aromatic carbocycles. The minimum Gasteiger partial charge on any atom is -0.862 e. The summed E-state index contributed by atoms with van der Waals surface area (Å²) >= 11 is 0. The molecule has 0 saturated heterocycles. The van der Waals surface area contributed by atoms with E-state index in [1.807, 2.05) is 0 Å². The van der Waals surface area contributed by atoms with Gasteiger partial charge >= 0.3 is 52.5 Å². The van der Waals surface area contributed by atoms with Crippen LogP contribution in [0, 0.1) is 0 Å². The maximum atomic E-state index is 9.36. The minimum atomic E-state index is -5.92. The average Bonchev–Trinajstić information content (AvgIpc) is 1.14. The molecule has 0 radical (unpaired) electrons. The first-order chi connectivity index (χ1) is 3.71. The third kappa shape index (κ3) is 18.7. The van der Waals surface area contributed by atoms with Crippen molar-refractivity contribution in [2.45, 2.75) is 0 Å². The molecule has 0 aromatic rings. The third-order valence-corrected chi connectivity index (χ3v) is 2.25. The molecule has 0 aromatic heterocycles. The fourth-order valence-corrected chi connectivity index (χ4v) is 1.38. The standard InChI is InChI=1S/Ga.O7Si2.Y/c;1-8(2,3)7-9(4,5)6;/q+3;-6;+3. The van der Waals surface area contributed by atoms with E-state index in [2.05, 4.69) is 4.12 Å². The molecule has 0 rings (SSSR count). The molecule has 11 heavy (non-hydrogen) atoms. The van der Waals surface area contributed by atoms with Crippen LogP contribution in [0.25, 0.3) is 0 Å². The molecule has 0 N–H and O–H groups in total. The molecule has 0 fully saturated rings. The van der Waals surface area contributed by atoms with E-state index in [1.54, 1.807) is 0 Å². The fraction of sp³-hybridized carbons (Fsp3) is 0. The Hall–Kier alpha value is 1.89. The van der Waals surface area contributed by atoms with E-state index in [0.29, 0.717) is 0 Å². The second-order valence-corrected chi connectivity index (χ2v) is 3.92. The SMILES string of the molecule is [Ga+3].[O-][Si]([O-])([O-])O[Si]([O-])([O-])[O-].[Y+3]. The largest absolute Gasteiger partial charge is 3.00 e. The van der Waals surface area contributed by atoms with Crippen LogP contribution in [0.3, 0.4) is 0 Å². The summed E-state index contributed by atoms with van der Waals surface area (Å²) in [5.74, 6) is 0. The predicted molar refractivity (Wildman–Crippen MR) is 18.3 cm³/mol. The van der Waals surface area contributed by atoms with E-state index < -0.39 is 18.1 Å². The van der Waals surface area contributed by atoms with Crippen LogP contribution < -0.4 is 28.8 Å². The van der Waals surface area contributed by atoms with Crippen LogP contribution in [0.2, 0.25) is 0 Å². The molecule has 0 aliphatic rings. The molecule has 0 unspecified atom stereocenters. The molecule has 0 atom stereocenters. The molecule has 56 valence electrons. The zero-order valence-corrected chi connectivity index (χ0v) is 12.3. The molecule has 0 aliphatic carbocycles. The topological polar surface area (TPSA) is 148 Å². The summed E-state index contributed by atoms with van der Waals surface area (Å²) in [6, 6.07) is 0. The van der Waals surface area contributed by atoms with Crippen LogP contribution in [-0.4, -0.2) is 37.9 Å². The van der Waals surface area contributed by atoms with E-state index in [1.165, 1.54) is 0 Å². The number of hydrogen-bond donors (Lipinski definition) is 0. The van der Waals surface area contributed by atoms with Crippen molar-refractivity contribution in [1.29, 1.82) is 0 Å². The van der Waals surface area contributed by atoms with Crippen LogP contribution in [0.1, 0.15) is 0 Å². The van der Waals surface area contributed by atoms with Gasteiger partial charge in [-0.05, 0) is 0 Å². The fourth-order valence-electron chi connectivity index (χ4n) is 0.153. The maximum absolute atomic E-state index is 9.36. The van der Waals surface area contributed by atoms with Crippen LogP contribution in [0.5, 0.6) is 0 Å². The molecule has 7 nitrogen and oxygen atoms in total. The van der Waals surface area contributed by atoms with E-state index in [9.17, 15) is 28.8 Å². The van der Waals surface area contributed by atoms with Crippen LogP contribution in [0.4, 0.5) is 0 Å². The second kappa shape index (κ2) is 6.36. The Balaban J connectivity index is -0.000000320. The molecule has 0 aliphatic heterocycles. The Labute approximate surface area is 103 Å². The van der Waals surface area contributed by atoms with Gasteiger partial charge in [-0.3, -0.25) is 0 Å². The third-order valence-electron chi connectivity index (χ3n) is 0.250. The summed E-state index contributed by atoms with van der Waals surface area (Å²) in [7, 11) is -11.8. The summed E-state index contributed by atoms with van der Waals surface area (Å²) in [6.07, 6.45) is 0. The van der Waals surface area contributed by atoms with Gasteiger partial charge in [0.25, 0.3) is 0 Å².